The number of β-amino-alcohol motifs (C(OH)–C–C–N with tert-alkyl or cyclic N) is 1. The first-order valence-electron chi connectivity index (χ1n) is 8.43. The summed E-state index contributed by atoms with van der Waals surface area (Å²) in [6.45, 7) is 2.76. The smallest absolute Gasteiger partial charge is 0.261 e. The van der Waals surface area contributed by atoms with Gasteiger partial charge in [-0.1, -0.05) is 31.5 Å². The van der Waals surface area contributed by atoms with Crippen molar-refractivity contribution >= 4 is 11.8 Å². The van der Waals surface area contributed by atoms with Crippen molar-refractivity contribution in [1.29, 1.82) is 0 Å². The van der Waals surface area contributed by atoms with Gasteiger partial charge in [0.15, 0.2) is 6.61 Å². The molecule has 6 nitrogen and oxygen atoms in total. The largest absolute Gasteiger partial charge is 0.484 e. The zero-order valence-electron chi connectivity index (χ0n) is 14.4. The number of para-hydroxylation sites is 1. The molecule has 0 bridgehead atoms. The van der Waals surface area contributed by atoms with Gasteiger partial charge in [0.05, 0.1) is 6.10 Å². The van der Waals surface area contributed by atoms with E-state index in [-0.39, 0.29) is 31.4 Å². The van der Waals surface area contributed by atoms with Crippen molar-refractivity contribution in [2.75, 3.05) is 26.7 Å². The highest BCUT2D eigenvalue weighted by Crippen LogP contribution is 2.20. The molecule has 24 heavy (non-hydrogen) atoms. The van der Waals surface area contributed by atoms with Gasteiger partial charge in [-0.25, -0.2) is 0 Å². The number of nitrogens with zero attached hydrogens (tertiary/aromatic N) is 2. The lowest BCUT2D eigenvalue weighted by atomic mass is 10.1. The van der Waals surface area contributed by atoms with Gasteiger partial charge < -0.3 is 19.6 Å². The maximum absolute atomic E-state index is 12.6. The third-order valence-electron chi connectivity index (χ3n) is 4.21. The van der Waals surface area contributed by atoms with Crippen LogP contribution in [0.4, 0.5) is 0 Å². The third-order valence-corrected chi connectivity index (χ3v) is 4.21. The number of carbonyl (C=O) groups excluding carboxylic acids is 2. The lowest BCUT2D eigenvalue weighted by molar-refractivity contribution is -0.144. The highest BCUT2D eigenvalue weighted by atomic mass is 16.5. The first-order valence-corrected chi connectivity index (χ1v) is 8.43. The van der Waals surface area contributed by atoms with Crippen molar-refractivity contribution in [2.45, 2.75) is 38.3 Å². The van der Waals surface area contributed by atoms with E-state index in [9.17, 15) is 14.7 Å². The number of benzene rings is 1. The molecule has 1 heterocycles. The van der Waals surface area contributed by atoms with E-state index in [1.807, 2.05) is 18.2 Å². The second-order valence-electron chi connectivity index (χ2n) is 6.17. The molecule has 0 aliphatic carbocycles. The quantitative estimate of drug-likeness (QED) is 0.816. The summed E-state index contributed by atoms with van der Waals surface area (Å²) in [6.07, 6.45) is 1.53. The molecular formula is C18H26N2O4. The molecule has 2 amide bonds. The number of hydrogen-bond acceptors (Lipinski definition) is 4. The molecule has 1 N–H and O–H groups in total. The van der Waals surface area contributed by atoms with E-state index in [1.165, 1.54) is 4.90 Å². The van der Waals surface area contributed by atoms with E-state index in [0.29, 0.717) is 12.3 Å². The van der Waals surface area contributed by atoms with Crippen LogP contribution in [0.25, 0.3) is 0 Å². The summed E-state index contributed by atoms with van der Waals surface area (Å²) < 4.78 is 5.47. The van der Waals surface area contributed by atoms with E-state index in [1.54, 1.807) is 24.1 Å². The topological polar surface area (TPSA) is 70.1 Å². The summed E-state index contributed by atoms with van der Waals surface area (Å²) in [5.74, 6) is 0.208. The van der Waals surface area contributed by atoms with Gasteiger partial charge in [-0.15, -0.1) is 0 Å². The van der Waals surface area contributed by atoms with Crippen molar-refractivity contribution in [2.24, 2.45) is 0 Å². The summed E-state index contributed by atoms with van der Waals surface area (Å²) in [6, 6.07) is 8.46. The Labute approximate surface area is 143 Å². The molecule has 1 aromatic rings. The fourth-order valence-electron chi connectivity index (χ4n) is 2.83. The zero-order valence-corrected chi connectivity index (χ0v) is 14.4. The predicted molar refractivity (Wildman–Crippen MR) is 90.6 cm³/mol. The Morgan fingerprint density at radius 1 is 1.33 bits per heavy atom. The number of likely N-dealkylation sites (tertiary alicyclic amines) is 1. The first kappa shape index (κ1) is 18.3. The SMILES string of the molecule is CCCCN(C)C(=O)[C@@H]1C[C@@H](O)CN1C(=O)COc1ccccc1. The van der Waals surface area contributed by atoms with Crippen molar-refractivity contribution in [3.63, 3.8) is 0 Å². The summed E-state index contributed by atoms with van der Waals surface area (Å²) in [7, 11) is 1.74. The monoisotopic (exact) mass is 334 g/mol. The molecule has 0 unspecified atom stereocenters. The maximum Gasteiger partial charge on any atom is 0.261 e. The zero-order chi connectivity index (χ0) is 17.5. The lowest BCUT2D eigenvalue weighted by Gasteiger charge is -2.27. The molecule has 1 saturated heterocycles. The Kier molecular flexibility index (Phi) is 6.61. The average molecular weight is 334 g/mol. The minimum Gasteiger partial charge on any atom is -0.484 e. The van der Waals surface area contributed by atoms with Gasteiger partial charge >= 0.3 is 0 Å². The number of aliphatic hydroxyl groups is 1. The highest BCUT2D eigenvalue weighted by Gasteiger charge is 2.40. The van der Waals surface area contributed by atoms with Gasteiger partial charge in [-0.2, -0.15) is 0 Å². The van der Waals surface area contributed by atoms with Gasteiger partial charge in [-0.3, -0.25) is 9.59 Å². The fourth-order valence-corrected chi connectivity index (χ4v) is 2.83. The van der Waals surface area contributed by atoms with E-state index in [2.05, 4.69) is 6.92 Å². The Bertz CT molecular complexity index is 549. The minimum atomic E-state index is -0.667. The molecule has 2 rings (SSSR count). The number of amides is 2. The predicted octanol–water partition coefficient (Wildman–Crippen LogP) is 1.29. The van der Waals surface area contributed by atoms with Crippen molar-refractivity contribution in [3.8, 4) is 5.75 Å². The molecule has 6 heteroatoms. The van der Waals surface area contributed by atoms with Crippen LogP contribution in [0.3, 0.4) is 0 Å². The summed E-state index contributed by atoms with van der Waals surface area (Å²) in [5.41, 5.74) is 0. The summed E-state index contributed by atoms with van der Waals surface area (Å²) in [4.78, 5) is 28.1. The molecule has 0 radical (unpaired) electrons. The van der Waals surface area contributed by atoms with Crippen LogP contribution < -0.4 is 4.74 Å². The molecule has 0 spiro atoms. The summed E-state index contributed by atoms with van der Waals surface area (Å²) in [5, 5.41) is 9.91. The van der Waals surface area contributed by atoms with E-state index >= 15 is 0 Å². The standard InChI is InChI=1S/C18H26N2O4/c1-3-4-10-19(2)18(23)16-11-14(21)12-20(16)17(22)13-24-15-8-6-5-7-9-15/h5-9,14,16,21H,3-4,10-13H2,1-2H3/t14-,16+/m1/s1. The number of ether oxygens (including phenoxy) is 1. The van der Waals surface area contributed by atoms with Crippen LogP contribution in [0, 0.1) is 0 Å². The van der Waals surface area contributed by atoms with E-state index in [0.717, 1.165) is 12.8 Å². The molecule has 1 aromatic carbocycles. The van der Waals surface area contributed by atoms with Crippen molar-refractivity contribution in [3.05, 3.63) is 30.3 Å². The molecule has 132 valence electrons. The molecular weight excluding hydrogens is 308 g/mol. The maximum atomic E-state index is 12.6. The Hall–Kier alpha value is -2.08. The van der Waals surface area contributed by atoms with Crippen LogP contribution >= 0.6 is 0 Å². The number of aliphatic hydroxyl groups excluding tert-OH is 1. The van der Waals surface area contributed by atoms with Gasteiger partial charge in [-0.05, 0) is 18.6 Å². The van der Waals surface area contributed by atoms with Crippen LogP contribution in [-0.2, 0) is 9.59 Å². The Morgan fingerprint density at radius 3 is 2.71 bits per heavy atom. The molecule has 1 fully saturated rings. The highest BCUT2D eigenvalue weighted by molar-refractivity contribution is 5.88. The van der Waals surface area contributed by atoms with Crippen molar-refractivity contribution < 1.29 is 19.4 Å². The second-order valence-corrected chi connectivity index (χ2v) is 6.17. The van der Waals surface area contributed by atoms with Crippen molar-refractivity contribution in [1.82, 2.24) is 9.80 Å². The van der Waals surface area contributed by atoms with Crippen LogP contribution in [-0.4, -0.2) is 65.6 Å². The van der Waals surface area contributed by atoms with Crippen LogP contribution in [0.2, 0.25) is 0 Å². The van der Waals surface area contributed by atoms with E-state index < -0.39 is 12.1 Å². The minimum absolute atomic E-state index is 0.118. The second kappa shape index (κ2) is 8.68. The molecule has 2 atom stereocenters. The Morgan fingerprint density at radius 2 is 2.04 bits per heavy atom. The number of hydrogen-bond donors (Lipinski definition) is 1. The fraction of sp³-hybridized carbons (Fsp3) is 0.556. The van der Waals surface area contributed by atoms with Crippen LogP contribution in [0.15, 0.2) is 30.3 Å². The normalized spacial score (nSPS) is 20.0. The molecule has 1 aliphatic heterocycles. The number of unbranched alkanes of at least 4 members (excludes halogenated alkanes) is 1. The van der Waals surface area contributed by atoms with E-state index in [4.69, 9.17) is 4.74 Å². The lowest BCUT2D eigenvalue weighted by Crippen LogP contribution is -2.48. The number of rotatable bonds is 7. The van der Waals surface area contributed by atoms with Crippen LogP contribution in [0.1, 0.15) is 26.2 Å². The average Bonchev–Trinajstić information content (AvgIpc) is 2.99. The number of likely N-dealkylation sites (N-methyl/N-ethyl adjacent to an activating group) is 1. The molecule has 1 aliphatic rings. The van der Waals surface area contributed by atoms with Gasteiger partial charge in [0.1, 0.15) is 11.8 Å². The molecule has 0 saturated carbocycles. The Balaban J connectivity index is 1.95. The van der Waals surface area contributed by atoms with Gasteiger partial charge in [0.2, 0.25) is 5.91 Å². The third kappa shape index (κ3) is 4.71. The number of carbonyl (C=O) groups is 2. The summed E-state index contributed by atoms with van der Waals surface area (Å²) >= 11 is 0. The van der Waals surface area contributed by atoms with Crippen LogP contribution in [0.5, 0.6) is 5.75 Å². The van der Waals surface area contributed by atoms with Gasteiger partial charge in [0.25, 0.3) is 5.91 Å². The van der Waals surface area contributed by atoms with Gasteiger partial charge in [0, 0.05) is 26.6 Å². The molecule has 0 aromatic heterocycles. The first-order chi connectivity index (χ1) is 11.5.